The number of amides is 1. The Bertz CT molecular complexity index is 3810. The lowest BCUT2D eigenvalue weighted by molar-refractivity contribution is -0.336. The minimum absolute atomic E-state index is 0.0304. The van der Waals surface area contributed by atoms with Crippen molar-refractivity contribution in [2.75, 3.05) is 51.1 Å². The minimum Gasteiger partial charge on any atom is -0.486 e. The van der Waals surface area contributed by atoms with Crippen molar-refractivity contribution in [3.8, 4) is 23.3 Å². The molecule has 4 aromatic rings. The Labute approximate surface area is 562 Å². The lowest BCUT2D eigenvalue weighted by Gasteiger charge is -2.53. The number of anilines is 1. The Balaban J connectivity index is 1.04. The topological polar surface area (TPSA) is 371 Å². The number of fused-ring (bicyclic) bond motifs is 12. The molecular weight excluding hydrogens is 1240 g/mol. The number of nitrogens with two attached hydrogens (primary N) is 2. The summed E-state index contributed by atoms with van der Waals surface area (Å²) in [5.74, 6) is 0.185. The van der Waals surface area contributed by atoms with Crippen LogP contribution in [0.1, 0.15) is 149 Å². The lowest BCUT2D eigenvalue weighted by Crippen LogP contribution is -2.72. The average Bonchev–Trinajstić information content (AvgIpc) is 1.03. The van der Waals surface area contributed by atoms with E-state index in [1.807, 2.05) is 59.5 Å². The smallest absolute Gasteiger partial charge is 0.242 e. The Hall–Kier alpha value is -7.16. The van der Waals surface area contributed by atoms with Gasteiger partial charge in [0, 0.05) is 83.4 Å². The van der Waals surface area contributed by atoms with Crippen LogP contribution in [0.25, 0.3) is 0 Å². The van der Waals surface area contributed by atoms with Crippen LogP contribution in [0.15, 0.2) is 95.8 Å². The fraction of sp³-hybridized carbons (Fsp3) is 0.534. The highest BCUT2D eigenvalue weighted by Gasteiger charge is 2.65. The van der Waals surface area contributed by atoms with E-state index in [0.717, 1.165) is 31.2 Å². The number of aldehydes is 1. The van der Waals surface area contributed by atoms with Crippen LogP contribution in [0.4, 0.5) is 5.69 Å². The van der Waals surface area contributed by atoms with Crippen molar-refractivity contribution in [1.82, 2.24) is 26.6 Å². The number of nitrogens with zero attached hydrogens (tertiary/aromatic N) is 1. The lowest BCUT2D eigenvalue weighted by atomic mass is 9.73. The molecule has 7 aliphatic heterocycles. The summed E-state index contributed by atoms with van der Waals surface area (Å²) < 4.78 is 36.6. The van der Waals surface area contributed by atoms with Gasteiger partial charge in [-0.15, -0.1) is 0 Å². The summed E-state index contributed by atoms with van der Waals surface area (Å²) in [6.45, 7) is -1.19. The van der Waals surface area contributed by atoms with Crippen LogP contribution in [-0.4, -0.2) is 184 Å². The Morgan fingerprint density at radius 2 is 1.72 bits per heavy atom. The van der Waals surface area contributed by atoms with E-state index in [2.05, 4.69) is 38.4 Å². The van der Waals surface area contributed by atoms with Gasteiger partial charge in [0.1, 0.15) is 55.5 Å². The molecule has 0 radical (unpaired) electrons. The molecule has 4 aromatic carbocycles. The van der Waals surface area contributed by atoms with E-state index in [0.29, 0.717) is 77.9 Å². The molecular formula is C73H88N8O16. The number of carbonyl (C=O) groups excluding carboxylic acids is 4. The zero-order valence-corrected chi connectivity index (χ0v) is 54.1. The van der Waals surface area contributed by atoms with Gasteiger partial charge in [-0.1, -0.05) is 92.1 Å². The van der Waals surface area contributed by atoms with Gasteiger partial charge in [-0.3, -0.25) is 30.8 Å². The molecule has 16 unspecified atom stereocenters. The van der Waals surface area contributed by atoms with Gasteiger partial charge < -0.3 is 90.8 Å². The highest BCUT2D eigenvalue weighted by atomic mass is 16.7. The number of hydrogen-bond acceptors (Lipinski definition) is 23. The highest BCUT2D eigenvalue weighted by molar-refractivity contribution is 6.29. The summed E-state index contributed by atoms with van der Waals surface area (Å²) in [5, 5.41) is 104. The van der Waals surface area contributed by atoms with Crippen molar-refractivity contribution in [3.05, 3.63) is 146 Å². The zero-order valence-electron chi connectivity index (χ0n) is 54.1. The number of ketones is 2. The van der Waals surface area contributed by atoms with Crippen LogP contribution in [0, 0.1) is 29.6 Å². The minimum atomic E-state index is -2.58. The third-order valence-electron chi connectivity index (χ3n) is 22.1. The second kappa shape index (κ2) is 27.9. The van der Waals surface area contributed by atoms with Crippen LogP contribution >= 0.6 is 0 Å². The zero-order chi connectivity index (χ0) is 67.4. The first-order valence-corrected chi connectivity index (χ1v) is 34.4. The molecule has 3 aliphatic carbocycles. The third kappa shape index (κ3) is 12.5. The maximum absolute atomic E-state index is 15.8. The molecule has 24 heteroatoms. The number of rotatable bonds is 14. The van der Waals surface area contributed by atoms with Crippen molar-refractivity contribution in [1.29, 1.82) is 0 Å². The van der Waals surface area contributed by atoms with E-state index in [1.54, 1.807) is 12.1 Å². The molecule has 3 saturated heterocycles. The van der Waals surface area contributed by atoms with Crippen molar-refractivity contribution in [2.45, 2.75) is 181 Å². The number of ether oxygens (including phenoxy) is 5. The Kier molecular flexibility index (Phi) is 19.3. The monoisotopic (exact) mass is 1330 g/mol. The fourth-order valence-electron chi connectivity index (χ4n) is 17.1. The second-order valence-corrected chi connectivity index (χ2v) is 27.9. The number of nitrogens with one attached hydrogen (secondary N) is 5. The van der Waals surface area contributed by atoms with Crippen LogP contribution in [0.2, 0.25) is 0 Å². The molecule has 1 spiro atoms. The number of aliphatic hydroxyl groups excluding tert-OH is 6. The summed E-state index contributed by atoms with van der Waals surface area (Å²) in [7, 11) is 0. The quantitative estimate of drug-likeness (QED) is 0.0555. The van der Waals surface area contributed by atoms with E-state index in [-0.39, 0.29) is 103 Å². The maximum Gasteiger partial charge on any atom is 0.242 e. The number of aliphatic hydroxyl groups is 7. The first-order chi connectivity index (χ1) is 47.0. The van der Waals surface area contributed by atoms with Gasteiger partial charge in [0.2, 0.25) is 12.2 Å². The molecule has 16 N–H and O–H groups in total. The maximum atomic E-state index is 15.8. The molecule has 5 fully saturated rings. The predicted molar refractivity (Wildman–Crippen MR) is 352 cm³/mol. The SMILES string of the molecule is NC1=C(CNC2CCCC2)C(C2COC3C4Oc5c(cc6c(c5OCC(O)CC=O)C(=O)c5cc(CO)ccc5C6=O)C(c5ccccc5N5CNC6C(=O)NC(N)NC65)C5CCC(O)C(C#CC(O)(C3O)C(O4)C3(CCCC3)OC5)Cc3cccc(c3)C(CCO)C2O)=CCN1. The van der Waals surface area contributed by atoms with Gasteiger partial charge in [0.15, 0.2) is 28.7 Å². The fourth-order valence-corrected chi connectivity index (χ4v) is 17.1. The summed E-state index contributed by atoms with van der Waals surface area (Å²) in [6.07, 6.45) is -4.51. The second-order valence-electron chi connectivity index (χ2n) is 27.9. The molecule has 10 aliphatic rings. The number of para-hydroxylation sites is 1. The number of hydrogen-bond donors (Lipinski definition) is 14. The van der Waals surface area contributed by atoms with E-state index in [4.69, 9.17) is 35.2 Å². The molecule has 8 bridgehead atoms. The first-order valence-electron chi connectivity index (χ1n) is 34.4. The molecule has 7 heterocycles. The molecule has 24 nitrogen and oxygen atoms in total. The van der Waals surface area contributed by atoms with Gasteiger partial charge in [0.25, 0.3) is 0 Å². The van der Waals surface area contributed by atoms with Gasteiger partial charge in [-0.2, -0.15) is 0 Å². The molecule has 0 aromatic heterocycles. The van der Waals surface area contributed by atoms with Crippen molar-refractivity contribution < 1.29 is 78.6 Å². The van der Waals surface area contributed by atoms with Crippen LogP contribution in [0.3, 0.4) is 0 Å². The number of benzene rings is 4. The molecule has 16 atom stereocenters. The van der Waals surface area contributed by atoms with Crippen molar-refractivity contribution in [2.24, 2.45) is 29.2 Å². The molecule has 14 rings (SSSR count). The first kappa shape index (κ1) is 67.0. The van der Waals surface area contributed by atoms with Crippen LogP contribution < -0.4 is 52.4 Å². The van der Waals surface area contributed by atoms with E-state index >= 15 is 9.59 Å². The van der Waals surface area contributed by atoms with E-state index in [1.165, 1.54) is 12.1 Å². The Morgan fingerprint density at radius 3 is 2.52 bits per heavy atom. The van der Waals surface area contributed by atoms with E-state index < -0.39 is 140 Å². The highest BCUT2D eigenvalue weighted by Crippen LogP contribution is 2.55. The summed E-state index contributed by atoms with van der Waals surface area (Å²) >= 11 is 0. The number of carbonyl (C=O) groups is 4. The largest absolute Gasteiger partial charge is 0.486 e. The molecule has 2 saturated carbocycles. The van der Waals surface area contributed by atoms with Crippen LogP contribution in [-0.2, 0) is 36.8 Å². The van der Waals surface area contributed by atoms with Crippen molar-refractivity contribution >= 4 is 29.4 Å². The van der Waals surface area contributed by atoms with Crippen molar-refractivity contribution in [3.63, 3.8) is 0 Å². The summed E-state index contributed by atoms with van der Waals surface area (Å²) in [5.41, 5.74) is 13.4. The van der Waals surface area contributed by atoms with Gasteiger partial charge in [-0.25, -0.2) is 0 Å². The molecule has 1 amide bonds. The normalized spacial score (nSPS) is 32.6. The van der Waals surface area contributed by atoms with Crippen LogP contribution in [0.5, 0.6) is 11.5 Å². The standard InChI is InChI=1S/C73H88N8O16/c74-66-52(32-77-43-10-1-2-11-43)46(19-25-76-66)53-36-94-64-65(90)73(92)24-18-41(29-38-8-7-9-40(28-38)45(21-27-83)59(53)87)55(86)17-15-42-34-95-72(22-5-6-23-72)70(73)97-69(64)96-62-51(56(42)48-12-3-4-13-54(48)81-37-78-58-67(81)79-71(75)80-68(58)91)31-50-57(63(62)93-35-44(85)20-26-82)61(89)49-30-39(33-84)14-16-47(49)60(50)88/h3-4,7-9,12-14,16,19,26,28,30-31,41-45,53,55-56,58-59,64-65,67,69-71,76-79,83-87,90,92H,1-2,5-6,10-11,15,17,20-23,25,27,29,32-37,74-75H2,(H,80,91). The molecule has 97 heavy (non-hydrogen) atoms. The summed E-state index contributed by atoms with van der Waals surface area (Å²) in [4.78, 5) is 59.3. The third-order valence-corrected chi connectivity index (χ3v) is 22.1. The van der Waals surface area contributed by atoms with Gasteiger partial charge >= 0.3 is 0 Å². The predicted octanol–water partition coefficient (Wildman–Crippen LogP) is 1.68. The van der Waals surface area contributed by atoms with E-state index in [9.17, 15) is 45.3 Å². The van der Waals surface area contributed by atoms with Gasteiger partial charge in [-0.05, 0) is 109 Å². The average molecular weight is 1330 g/mol. The number of dihydropyridines is 1. The van der Waals surface area contributed by atoms with Gasteiger partial charge in [0.05, 0.1) is 61.9 Å². The Morgan fingerprint density at radius 1 is 0.907 bits per heavy atom. The molecule has 516 valence electrons. The summed E-state index contributed by atoms with van der Waals surface area (Å²) in [6, 6.07) is 20.7.